The van der Waals surface area contributed by atoms with E-state index in [9.17, 15) is 0 Å². The maximum absolute atomic E-state index is 6.10. The normalized spacial score (nSPS) is 13.6. The van der Waals surface area contributed by atoms with Crippen LogP contribution in [0.15, 0.2) is 48.5 Å². The molecule has 21 heavy (non-hydrogen) atoms. The van der Waals surface area contributed by atoms with E-state index < -0.39 is 0 Å². The summed E-state index contributed by atoms with van der Waals surface area (Å²) in [5.41, 5.74) is 2.23. The van der Waals surface area contributed by atoms with E-state index in [1.807, 2.05) is 36.4 Å². The predicted octanol–water partition coefficient (Wildman–Crippen LogP) is 5.42. The lowest BCUT2D eigenvalue weighted by Gasteiger charge is -2.18. The van der Waals surface area contributed by atoms with Gasteiger partial charge < -0.3 is 9.47 Å². The molecule has 1 aliphatic heterocycles. The summed E-state index contributed by atoms with van der Waals surface area (Å²) in [6.07, 6.45) is 5.65. The third-order valence-electron chi connectivity index (χ3n) is 3.87. The predicted molar refractivity (Wildman–Crippen MR) is 85.7 cm³/mol. The Kier molecular flexibility index (Phi) is 4.44. The van der Waals surface area contributed by atoms with Crippen LogP contribution < -0.4 is 9.47 Å². The van der Waals surface area contributed by atoms with Crippen molar-refractivity contribution < 1.29 is 9.47 Å². The standard InChI is InChI=1S/C19H22O2/c1-2-3-4-5-14-19-20-17-12-8-6-10-15(17)16-11-7-9-13-18(16)21-19/h6-13,19H,2-5,14H2,1H3. The summed E-state index contributed by atoms with van der Waals surface area (Å²) in [7, 11) is 0. The van der Waals surface area contributed by atoms with E-state index in [0.717, 1.165) is 35.5 Å². The van der Waals surface area contributed by atoms with Crippen LogP contribution in [0.25, 0.3) is 11.1 Å². The van der Waals surface area contributed by atoms with Gasteiger partial charge in [0.05, 0.1) is 0 Å². The molecule has 0 aromatic heterocycles. The SMILES string of the molecule is CCCCCCC1Oc2ccccc2-c2ccccc2O1. The first-order chi connectivity index (χ1) is 10.4. The topological polar surface area (TPSA) is 18.5 Å². The summed E-state index contributed by atoms with van der Waals surface area (Å²) in [4.78, 5) is 0. The number of benzene rings is 2. The summed E-state index contributed by atoms with van der Waals surface area (Å²) in [6, 6.07) is 16.4. The second-order valence-electron chi connectivity index (χ2n) is 5.51. The van der Waals surface area contributed by atoms with E-state index in [1.54, 1.807) is 0 Å². The maximum atomic E-state index is 6.10. The first-order valence-corrected chi connectivity index (χ1v) is 7.90. The van der Waals surface area contributed by atoms with Gasteiger partial charge in [-0.3, -0.25) is 0 Å². The lowest BCUT2D eigenvalue weighted by atomic mass is 10.0. The number of ether oxygens (including phenoxy) is 2. The molecule has 110 valence electrons. The highest BCUT2D eigenvalue weighted by atomic mass is 16.7. The average molecular weight is 282 g/mol. The van der Waals surface area contributed by atoms with Crippen molar-refractivity contribution in [2.75, 3.05) is 0 Å². The van der Waals surface area contributed by atoms with Gasteiger partial charge in [-0.25, -0.2) is 0 Å². The zero-order valence-electron chi connectivity index (χ0n) is 12.5. The van der Waals surface area contributed by atoms with E-state index in [4.69, 9.17) is 9.47 Å². The van der Waals surface area contributed by atoms with Crippen molar-refractivity contribution >= 4 is 0 Å². The van der Waals surface area contributed by atoms with Gasteiger partial charge in [0.1, 0.15) is 11.5 Å². The van der Waals surface area contributed by atoms with E-state index in [-0.39, 0.29) is 6.29 Å². The number of hydrogen-bond acceptors (Lipinski definition) is 2. The van der Waals surface area contributed by atoms with Gasteiger partial charge in [0.25, 0.3) is 0 Å². The molecule has 2 aromatic carbocycles. The number of para-hydroxylation sites is 2. The molecule has 2 nitrogen and oxygen atoms in total. The highest BCUT2D eigenvalue weighted by molar-refractivity contribution is 5.76. The zero-order chi connectivity index (χ0) is 14.5. The van der Waals surface area contributed by atoms with Gasteiger partial charge in [-0.15, -0.1) is 0 Å². The summed E-state index contributed by atoms with van der Waals surface area (Å²) in [5.74, 6) is 1.84. The minimum atomic E-state index is -0.188. The van der Waals surface area contributed by atoms with Crippen LogP contribution >= 0.6 is 0 Å². The van der Waals surface area contributed by atoms with Gasteiger partial charge in [-0.1, -0.05) is 62.6 Å². The zero-order valence-corrected chi connectivity index (χ0v) is 12.5. The van der Waals surface area contributed by atoms with Crippen molar-refractivity contribution in [2.24, 2.45) is 0 Å². The molecule has 3 rings (SSSR count). The molecule has 0 fully saturated rings. The third-order valence-corrected chi connectivity index (χ3v) is 3.87. The maximum Gasteiger partial charge on any atom is 0.241 e. The summed E-state index contributed by atoms with van der Waals surface area (Å²) in [5, 5.41) is 0. The fourth-order valence-corrected chi connectivity index (χ4v) is 2.75. The highest BCUT2D eigenvalue weighted by Crippen LogP contribution is 2.40. The summed E-state index contributed by atoms with van der Waals surface area (Å²) in [6.45, 7) is 2.23. The van der Waals surface area contributed by atoms with Crippen LogP contribution in [0, 0.1) is 0 Å². The smallest absolute Gasteiger partial charge is 0.241 e. The van der Waals surface area contributed by atoms with Crippen LogP contribution in [0.5, 0.6) is 11.5 Å². The van der Waals surface area contributed by atoms with Gasteiger partial charge >= 0.3 is 0 Å². The van der Waals surface area contributed by atoms with Crippen LogP contribution in [-0.2, 0) is 0 Å². The molecule has 0 amide bonds. The first kappa shape index (κ1) is 14.0. The van der Waals surface area contributed by atoms with Crippen LogP contribution in [0.4, 0.5) is 0 Å². The van der Waals surface area contributed by atoms with Gasteiger partial charge in [-0.05, 0) is 18.6 Å². The largest absolute Gasteiger partial charge is 0.454 e. The molecule has 2 aromatic rings. The van der Waals surface area contributed by atoms with Crippen molar-refractivity contribution in [1.82, 2.24) is 0 Å². The van der Waals surface area contributed by atoms with Crippen molar-refractivity contribution in [3.8, 4) is 22.6 Å². The minimum Gasteiger partial charge on any atom is -0.454 e. The Morgan fingerprint density at radius 3 is 1.90 bits per heavy atom. The van der Waals surface area contributed by atoms with E-state index >= 15 is 0 Å². The second-order valence-corrected chi connectivity index (χ2v) is 5.51. The Hall–Kier alpha value is -1.96. The number of unbranched alkanes of at least 4 members (excludes halogenated alkanes) is 3. The molecule has 0 aliphatic carbocycles. The molecule has 0 saturated heterocycles. The van der Waals surface area contributed by atoms with Crippen LogP contribution in [-0.4, -0.2) is 6.29 Å². The molecule has 0 spiro atoms. The molecule has 0 N–H and O–H groups in total. The van der Waals surface area contributed by atoms with Crippen LogP contribution in [0.3, 0.4) is 0 Å². The number of fused-ring (bicyclic) bond motifs is 3. The highest BCUT2D eigenvalue weighted by Gasteiger charge is 2.22. The Balaban J connectivity index is 1.83. The van der Waals surface area contributed by atoms with Gasteiger partial charge in [0.2, 0.25) is 6.29 Å². The Morgan fingerprint density at radius 2 is 1.33 bits per heavy atom. The molecular weight excluding hydrogens is 260 g/mol. The first-order valence-electron chi connectivity index (χ1n) is 7.90. The molecule has 0 atom stereocenters. The molecule has 2 heteroatoms. The number of hydrogen-bond donors (Lipinski definition) is 0. The fraction of sp³-hybridized carbons (Fsp3) is 0.368. The monoisotopic (exact) mass is 282 g/mol. The molecule has 0 unspecified atom stereocenters. The Labute approximate surface area is 126 Å². The fourth-order valence-electron chi connectivity index (χ4n) is 2.75. The van der Waals surface area contributed by atoms with E-state index in [2.05, 4.69) is 19.1 Å². The van der Waals surface area contributed by atoms with Crippen molar-refractivity contribution in [2.45, 2.75) is 45.3 Å². The van der Waals surface area contributed by atoms with E-state index in [0.29, 0.717) is 0 Å². The molecule has 0 bridgehead atoms. The molecule has 1 aliphatic rings. The lowest BCUT2D eigenvalue weighted by Crippen LogP contribution is -2.23. The summed E-state index contributed by atoms with van der Waals surface area (Å²) >= 11 is 0. The quantitative estimate of drug-likeness (QED) is 0.681. The average Bonchev–Trinajstić information content (AvgIpc) is 2.68. The third kappa shape index (κ3) is 3.21. The second kappa shape index (κ2) is 6.66. The Bertz CT molecular complexity index is 544. The number of rotatable bonds is 5. The van der Waals surface area contributed by atoms with E-state index in [1.165, 1.54) is 19.3 Å². The van der Waals surface area contributed by atoms with Crippen LogP contribution in [0.1, 0.15) is 39.0 Å². The summed E-state index contributed by atoms with van der Waals surface area (Å²) < 4.78 is 12.2. The minimum absolute atomic E-state index is 0.188. The van der Waals surface area contributed by atoms with Crippen molar-refractivity contribution in [3.05, 3.63) is 48.5 Å². The lowest BCUT2D eigenvalue weighted by molar-refractivity contribution is 0.00117. The molecule has 0 saturated carbocycles. The molecular formula is C19H22O2. The van der Waals surface area contributed by atoms with Crippen LogP contribution in [0.2, 0.25) is 0 Å². The molecule has 1 heterocycles. The van der Waals surface area contributed by atoms with Gasteiger partial charge in [0.15, 0.2) is 0 Å². The van der Waals surface area contributed by atoms with Crippen molar-refractivity contribution in [1.29, 1.82) is 0 Å². The Morgan fingerprint density at radius 1 is 0.762 bits per heavy atom. The van der Waals surface area contributed by atoms with Gasteiger partial charge in [-0.2, -0.15) is 0 Å². The van der Waals surface area contributed by atoms with Gasteiger partial charge in [0, 0.05) is 17.5 Å². The molecule has 0 radical (unpaired) electrons. The van der Waals surface area contributed by atoms with Crippen molar-refractivity contribution in [3.63, 3.8) is 0 Å².